The molecule has 0 aliphatic heterocycles. The van der Waals surface area contributed by atoms with Crippen molar-refractivity contribution in [3.05, 3.63) is 30.3 Å². The van der Waals surface area contributed by atoms with Crippen LogP contribution in [0.3, 0.4) is 0 Å². The van der Waals surface area contributed by atoms with Crippen molar-refractivity contribution < 1.29 is 23.4 Å². The van der Waals surface area contributed by atoms with Crippen molar-refractivity contribution in [2.24, 2.45) is 46.3 Å². The molecule has 0 aromatic heterocycles. The summed E-state index contributed by atoms with van der Waals surface area (Å²) in [7, 11) is -1.84. The van der Waals surface area contributed by atoms with E-state index in [4.69, 9.17) is 4.74 Å². The fourth-order valence-corrected chi connectivity index (χ4v) is 13.4. The third kappa shape index (κ3) is 5.54. The van der Waals surface area contributed by atoms with Crippen molar-refractivity contribution in [1.29, 1.82) is 0 Å². The highest BCUT2D eigenvalue weighted by Gasteiger charge is 2.60. The maximum atomic E-state index is 14.3. The van der Waals surface area contributed by atoms with Crippen LogP contribution < -0.4 is 0 Å². The van der Waals surface area contributed by atoms with Crippen LogP contribution in [0.15, 0.2) is 35.2 Å². The maximum Gasteiger partial charge on any atom is 0.181 e. The van der Waals surface area contributed by atoms with Gasteiger partial charge in [-0.1, -0.05) is 32.0 Å². The highest BCUT2D eigenvalue weighted by atomic mass is 32.2. The Morgan fingerprint density at radius 3 is 2.29 bits per heavy atom. The molecule has 5 aliphatic carbocycles. The first-order valence-electron chi connectivity index (χ1n) is 17.2. The zero-order chi connectivity index (χ0) is 29.8. The van der Waals surface area contributed by atoms with Gasteiger partial charge >= 0.3 is 0 Å². The van der Waals surface area contributed by atoms with Crippen LogP contribution in [0.4, 0.5) is 0 Å². The molecule has 5 fully saturated rings. The summed E-state index contributed by atoms with van der Waals surface area (Å²) < 4.78 is 33.9. The van der Waals surface area contributed by atoms with Crippen LogP contribution in [0.25, 0.3) is 0 Å². The van der Waals surface area contributed by atoms with Crippen LogP contribution in [0.5, 0.6) is 0 Å². The van der Waals surface area contributed by atoms with E-state index >= 15 is 0 Å². The minimum absolute atomic E-state index is 0.113. The van der Waals surface area contributed by atoms with Crippen LogP contribution in [-0.4, -0.2) is 49.3 Å². The summed E-state index contributed by atoms with van der Waals surface area (Å²) in [6, 6.07) is 9.01. The van der Waals surface area contributed by atoms with Gasteiger partial charge in [0.1, 0.15) is 0 Å². The molecule has 5 nitrogen and oxygen atoms in total. The van der Waals surface area contributed by atoms with Crippen molar-refractivity contribution in [1.82, 2.24) is 0 Å². The standard InChI is InChI=1S/C36H56O5S/c1-34-17-15-28(37)21-26(34)9-11-31-32-12-10-27(35(32,2)18-16-33(31)34)22-30(42(39,40)29-7-5-4-6-8-29)23-36(38)19-13-25(14-20-36)24-41-3/h4-8,25-28,30-33,37-38H,9-24H2,1-3H3. The Morgan fingerprint density at radius 2 is 1.57 bits per heavy atom. The van der Waals surface area contributed by atoms with E-state index in [0.29, 0.717) is 66.3 Å². The van der Waals surface area contributed by atoms with Crippen molar-refractivity contribution in [3.63, 3.8) is 0 Å². The Morgan fingerprint density at radius 1 is 0.881 bits per heavy atom. The molecule has 42 heavy (non-hydrogen) atoms. The molecule has 0 heterocycles. The molecule has 9 unspecified atom stereocenters. The predicted octanol–water partition coefficient (Wildman–Crippen LogP) is 7.20. The van der Waals surface area contributed by atoms with Crippen molar-refractivity contribution in [2.45, 2.75) is 132 Å². The van der Waals surface area contributed by atoms with Gasteiger partial charge in [-0.3, -0.25) is 0 Å². The minimum atomic E-state index is -3.58. The molecule has 9 atom stereocenters. The number of sulfone groups is 1. The quantitative estimate of drug-likeness (QED) is 0.330. The smallest absolute Gasteiger partial charge is 0.181 e. The highest BCUT2D eigenvalue weighted by Crippen LogP contribution is 2.68. The number of aliphatic hydroxyl groups excluding tert-OH is 1. The third-order valence-electron chi connectivity index (χ3n) is 13.9. The number of methoxy groups -OCH3 is 1. The van der Waals surface area contributed by atoms with E-state index in [9.17, 15) is 18.6 Å². The molecular weight excluding hydrogens is 544 g/mol. The summed E-state index contributed by atoms with van der Waals surface area (Å²) in [5.74, 6) is 3.62. The van der Waals surface area contributed by atoms with Gasteiger partial charge in [-0.15, -0.1) is 0 Å². The van der Waals surface area contributed by atoms with Gasteiger partial charge in [-0.05, 0) is 155 Å². The van der Waals surface area contributed by atoms with Gasteiger partial charge in [0.05, 0.1) is 21.9 Å². The van der Waals surface area contributed by atoms with Gasteiger partial charge in [0, 0.05) is 13.7 Å². The Hall–Kier alpha value is -0.950. The predicted molar refractivity (Wildman–Crippen MR) is 167 cm³/mol. The second-order valence-electron chi connectivity index (χ2n) is 15.9. The monoisotopic (exact) mass is 600 g/mol. The van der Waals surface area contributed by atoms with Gasteiger partial charge in [0.2, 0.25) is 0 Å². The number of rotatable bonds is 8. The molecule has 0 saturated heterocycles. The summed E-state index contributed by atoms with van der Waals surface area (Å²) >= 11 is 0. The lowest BCUT2D eigenvalue weighted by Crippen LogP contribution is -2.54. The van der Waals surface area contributed by atoms with E-state index in [2.05, 4.69) is 13.8 Å². The van der Waals surface area contributed by atoms with Gasteiger partial charge < -0.3 is 14.9 Å². The van der Waals surface area contributed by atoms with E-state index < -0.39 is 20.7 Å². The number of fused-ring (bicyclic) bond motifs is 5. The lowest BCUT2D eigenvalue weighted by Gasteiger charge is -2.61. The first kappa shape index (κ1) is 31.0. The number of benzene rings is 1. The van der Waals surface area contributed by atoms with E-state index in [1.165, 1.54) is 32.1 Å². The van der Waals surface area contributed by atoms with Crippen molar-refractivity contribution >= 4 is 9.84 Å². The maximum absolute atomic E-state index is 14.3. The first-order valence-corrected chi connectivity index (χ1v) is 18.7. The van der Waals surface area contributed by atoms with Crippen LogP contribution in [0.1, 0.15) is 110 Å². The zero-order valence-electron chi connectivity index (χ0n) is 26.3. The summed E-state index contributed by atoms with van der Waals surface area (Å²) in [5.41, 5.74) is -0.404. The van der Waals surface area contributed by atoms with E-state index in [1.54, 1.807) is 19.2 Å². The SMILES string of the molecule is COCC1CCC(O)(CC(CC2CCC3C4CCC5CC(O)CCC5(C)C4CCC23C)S(=O)(=O)c2ccccc2)CC1. The molecule has 5 saturated carbocycles. The Bertz CT molecular complexity index is 1180. The molecule has 0 bridgehead atoms. The van der Waals surface area contributed by atoms with Gasteiger partial charge in [-0.2, -0.15) is 0 Å². The lowest BCUT2D eigenvalue weighted by atomic mass is 9.44. The zero-order valence-corrected chi connectivity index (χ0v) is 27.2. The Kier molecular flexibility index (Phi) is 8.70. The van der Waals surface area contributed by atoms with E-state index in [1.807, 2.05) is 18.2 Å². The molecule has 1 aromatic carbocycles. The largest absolute Gasteiger partial charge is 0.393 e. The molecule has 0 spiro atoms. The number of aliphatic hydroxyl groups is 2. The molecule has 1 aromatic rings. The summed E-state index contributed by atoms with van der Waals surface area (Å²) in [4.78, 5) is 0.404. The van der Waals surface area contributed by atoms with E-state index in [0.717, 1.165) is 50.4 Å². The number of ether oxygens (including phenoxy) is 1. The Labute approximate surface area is 255 Å². The molecule has 6 rings (SSSR count). The fraction of sp³-hybridized carbons (Fsp3) is 0.833. The normalized spacial score (nSPS) is 44.5. The van der Waals surface area contributed by atoms with Gasteiger partial charge in [0.15, 0.2) is 9.84 Å². The lowest BCUT2D eigenvalue weighted by molar-refractivity contribution is -0.127. The first-order chi connectivity index (χ1) is 20.0. The van der Waals surface area contributed by atoms with Crippen LogP contribution in [0.2, 0.25) is 0 Å². The molecular formula is C36H56O5S. The average Bonchev–Trinajstić information content (AvgIpc) is 3.31. The third-order valence-corrected chi connectivity index (χ3v) is 16.1. The summed E-state index contributed by atoms with van der Waals surface area (Å²) in [6.07, 6.45) is 14.4. The molecule has 5 aliphatic rings. The molecule has 6 heteroatoms. The van der Waals surface area contributed by atoms with Gasteiger partial charge in [-0.25, -0.2) is 8.42 Å². The minimum Gasteiger partial charge on any atom is -0.393 e. The molecule has 2 N–H and O–H groups in total. The second kappa shape index (κ2) is 11.8. The van der Waals surface area contributed by atoms with Gasteiger partial charge in [0.25, 0.3) is 0 Å². The molecule has 0 radical (unpaired) electrons. The van der Waals surface area contributed by atoms with Crippen molar-refractivity contribution in [2.75, 3.05) is 13.7 Å². The summed E-state index contributed by atoms with van der Waals surface area (Å²) in [6.45, 7) is 5.76. The van der Waals surface area contributed by atoms with Crippen LogP contribution >= 0.6 is 0 Å². The number of hydrogen-bond acceptors (Lipinski definition) is 5. The summed E-state index contributed by atoms with van der Waals surface area (Å²) in [5, 5.41) is 21.7. The molecule has 236 valence electrons. The van der Waals surface area contributed by atoms with E-state index in [-0.39, 0.29) is 11.5 Å². The average molecular weight is 601 g/mol. The Balaban J connectivity index is 1.23. The van der Waals surface area contributed by atoms with Crippen molar-refractivity contribution in [3.8, 4) is 0 Å². The number of hydrogen-bond donors (Lipinski definition) is 2. The second-order valence-corrected chi connectivity index (χ2v) is 18.2. The topological polar surface area (TPSA) is 83.8 Å². The van der Waals surface area contributed by atoms with Crippen LogP contribution in [0, 0.1) is 46.3 Å². The van der Waals surface area contributed by atoms with Crippen LogP contribution in [-0.2, 0) is 14.6 Å². The highest BCUT2D eigenvalue weighted by molar-refractivity contribution is 7.92. The molecule has 0 amide bonds. The fourth-order valence-electron chi connectivity index (χ4n) is 11.4.